The molecule has 0 radical (unpaired) electrons. The summed E-state index contributed by atoms with van der Waals surface area (Å²) in [6.07, 6.45) is 6.10. The number of hydrogen-bond acceptors (Lipinski definition) is 9. The lowest BCUT2D eigenvalue weighted by Gasteiger charge is -2.23. The number of aromatic nitrogens is 6. The molecule has 3 heterocycles. The van der Waals surface area contributed by atoms with Gasteiger partial charge in [0.2, 0.25) is 5.95 Å². The Bertz CT molecular complexity index is 1330. The van der Waals surface area contributed by atoms with Gasteiger partial charge in [-0.2, -0.15) is 0 Å². The number of benzene rings is 1. The van der Waals surface area contributed by atoms with Gasteiger partial charge in [-0.05, 0) is 45.0 Å². The summed E-state index contributed by atoms with van der Waals surface area (Å²) in [7, 11) is 1.47. The summed E-state index contributed by atoms with van der Waals surface area (Å²) in [5.41, 5.74) is 2.64. The molecule has 1 aromatic carbocycles. The third kappa shape index (κ3) is 5.59. The van der Waals surface area contributed by atoms with Crippen LogP contribution in [0.5, 0.6) is 11.5 Å². The van der Waals surface area contributed by atoms with Crippen molar-refractivity contribution in [3.05, 3.63) is 66.5 Å². The van der Waals surface area contributed by atoms with Crippen LogP contribution in [0.3, 0.4) is 0 Å². The van der Waals surface area contributed by atoms with Gasteiger partial charge >= 0.3 is 0 Å². The summed E-state index contributed by atoms with van der Waals surface area (Å²) in [5.74, 6) is 1.74. The maximum Gasteiger partial charge on any atom is 0.241 e. The lowest BCUT2D eigenvalue weighted by Crippen LogP contribution is -2.29. The minimum atomic E-state index is -1.66. The summed E-state index contributed by atoms with van der Waals surface area (Å²) < 4.78 is 35.6. The molecule has 0 fully saturated rings. The van der Waals surface area contributed by atoms with Crippen LogP contribution >= 0.6 is 0 Å². The number of anilines is 1. The fourth-order valence-electron chi connectivity index (χ4n) is 3.78. The van der Waals surface area contributed by atoms with Crippen LogP contribution in [-0.2, 0) is 15.7 Å². The molecule has 11 nitrogen and oxygen atoms in total. The Morgan fingerprint density at radius 2 is 1.78 bits per heavy atom. The largest absolute Gasteiger partial charge is 0.494 e. The Balaban J connectivity index is 1.77. The zero-order valence-electron chi connectivity index (χ0n) is 21.3. The molecule has 0 saturated carbocycles. The fourth-order valence-corrected chi connectivity index (χ4v) is 4.72. The fraction of sp³-hybridized carbons (Fsp3) is 0.320. The molecule has 0 spiro atoms. The number of aryl methyl sites for hydroxylation is 1. The Morgan fingerprint density at radius 3 is 2.38 bits per heavy atom. The van der Waals surface area contributed by atoms with Gasteiger partial charge in [0.15, 0.2) is 5.82 Å². The third-order valence-corrected chi connectivity index (χ3v) is 6.91. The lowest BCUT2D eigenvalue weighted by molar-refractivity contribution is 0.0597. The van der Waals surface area contributed by atoms with Gasteiger partial charge < -0.3 is 14.2 Å². The molecule has 4 rings (SSSR count). The van der Waals surface area contributed by atoms with Crippen molar-refractivity contribution in [3.63, 3.8) is 0 Å². The Kier molecular flexibility index (Phi) is 8.41. The molecular formula is C25H29N7O4S. The second-order valence-corrected chi connectivity index (χ2v) is 9.54. The highest BCUT2D eigenvalue weighted by Crippen LogP contribution is 2.37. The number of ether oxygens (including phenoxy) is 3. The number of nitrogens with zero attached hydrogens (tertiary/aromatic N) is 6. The standard InChI is InChI=1S/C25H29N7O4S/c1-6-36-23(19-15-27-16(2)13-28-19)17(3)37(33)31-25-30-29-24(18-9-8-12-26-14-18)32(25)22-20(34-4)10-7-11-21(22)35-5/h7-15,17,23H,6H2,1-5H3,(H,30,31). The molecule has 3 atom stereocenters. The number of nitrogens with one attached hydrogen (secondary N) is 1. The van der Waals surface area contributed by atoms with Crippen LogP contribution in [-0.4, -0.2) is 60.0 Å². The zero-order valence-corrected chi connectivity index (χ0v) is 22.1. The SMILES string of the molecule is CCOC(c1cnc(C)cn1)C(C)S(=O)Nc1nnc(-c2cccnc2)n1-c1c(OC)cccc1OC. The van der Waals surface area contributed by atoms with Gasteiger partial charge in [-0.1, -0.05) is 6.07 Å². The predicted octanol–water partition coefficient (Wildman–Crippen LogP) is 3.69. The second kappa shape index (κ2) is 11.9. The van der Waals surface area contributed by atoms with Crippen molar-refractivity contribution in [2.24, 2.45) is 0 Å². The summed E-state index contributed by atoms with van der Waals surface area (Å²) in [6.45, 7) is 5.97. The van der Waals surface area contributed by atoms with E-state index in [1.807, 2.05) is 32.9 Å². The van der Waals surface area contributed by atoms with Crippen molar-refractivity contribution in [1.82, 2.24) is 29.7 Å². The van der Waals surface area contributed by atoms with Crippen molar-refractivity contribution in [2.45, 2.75) is 32.1 Å². The van der Waals surface area contributed by atoms with E-state index in [4.69, 9.17) is 14.2 Å². The van der Waals surface area contributed by atoms with Crippen LogP contribution in [0.1, 0.15) is 31.3 Å². The van der Waals surface area contributed by atoms with Crippen molar-refractivity contribution < 1.29 is 18.4 Å². The molecule has 12 heteroatoms. The van der Waals surface area contributed by atoms with Crippen molar-refractivity contribution in [2.75, 3.05) is 25.5 Å². The topological polar surface area (TPSA) is 126 Å². The van der Waals surface area contributed by atoms with Crippen LogP contribution < -0.4 is 14.2 Å². The Hall–Kier alpha value is -3.90. The number of para-hydroxylation sites is 1. The van der Waals surface area contributed by atoms with Crippen LogP contribution in [0.15, 0.2) is 55.1 Å². The van der Waals surface area contributed by atoms with Gasteiger partial charge in [0.1, 0.15) is 34.3 Å². The number of pyridine rings is 1. The monoisotopic (exact) mass is 523 g/mol. The quantitative estimate of drug-likeness (QED) is 0.313. The smallest absolute Gasteiger partial charge is 0.241 e. The first-order valence-electron chi connectivity index (χ1n) is 11.6. The van der Waals surface area contributed by atoms with Crippen LogP contribution in [0.2, 0.25) is 0 Å². The van der Waals surface area contributed by atoms with Crippen LogP contribution in [0.25, 0.3) is 17.1 Å². The number of hydrogen-bond donors (Lipinski definition) is 1. The minimum Gasteiger partial charge on any atom is -0.494 e. The molecule has 37 heavy (non-hydrogen) atoms. The highest BCUT2D eigenvalue weighted by molar-refractivity contribution is 7.87. The van der Waals surface area contributed by atoms with E-state index in [1.165, 1.54) is 0 Å². The van der Waals surface area contributed by atoms with Gasteiger partial charge in [-0.3, -0.25) is 24.2 Å². The summed E-state index contributed by atoms with van der Waals surface area (Å²) in [4.78, 5) is 13.0. The maximum atomic E-state index is 13.6. The maximum absolute atomic E-state index is 13.6. The molecule has 1 N–H and O–H groups in total. The van der Waals surface area contributed by atoms with Crippen LogP contribution in [0.4, 0.5) is 5.95 Å². The van der Waals surface area contributed by atoms with E-state index in [-0.39, 0.29) is 5.95 Å². The molecule has 194 valence electrons. The van der Waals surface area contributed by atoms with Crippen molar-refractivity contribution in [1.29, 1.82) is 0 Å². The predicted molar refractivity (Wildman–Crippen MR) is 140 cm³/mol. The van der Waals surface area contributed by atoms with Crippen LogP contribution in [0, 0.1) is 6.92 Å². The normalized spacial score (nSPS) is 13.5. The van der Waals surface area contributed by atoms with Gasteiger partial charge in [-0.15, -0.1) is 10.2 Å². The van der Waals surface area contributed by atoms with E-state index in [2.05, 4.69) is 29.9 Å². The van der Waals surface area contributed by atoms with E-state index in [0.717, 1.165) is 5.69 Å². The van der Waals surface area contributed by atoms with E-state index in [0.29, 0.717) is 40.9 Å². The molecule has 0 aliphatic heterocycles. The average Bonchev–Trinajstić information content (AvgIpc) is 3.34. The molecule has 0 aliphatic carbocycles. The first-order valence-corrected chi connectivity index (χ1v) is 12.8. The molecule has 0 bridgehead atoms. The summed E-state index contributed by atoms with van der Waals surface area (Å²) in [6, 6.07) is 9.08. The van der Waals surface area contributed by atoms with Gasteiger partial charge in [0, 0.05) is 30.8 Å². The highest BCUT2D eigenvalue weighted by Gasteiger charge is 2.29. The molecular weight excluding hydrogens is 494 g/mol. The average molecular weight is 524 g/mol. The van der Waals surface area contributed by atoms with E-state index in [1.54, 1.807) is 61.8 Å². The second-order valence-electron chi connectivity index (χ2n) is 8.00. The van der Waals surface area contributed by atoms with Gasteiger partial charge in [-0.25, -0.2) is 4.21 Å². The van der Waals surface area contributed by atoms with E-state index < -0.39 is 22.3 Å². The minimum absolute atomic E-state index is 0.233. The molecule has 4 aromatic rings. The molecule has 0 saturated heterocycles. The summed E-state index contributed by atoms with van der Waals surface area (Å²) >= 11 is 0. The molecule has 3 unspecified atom stereocenters. The Labute approximate surface area is 217 Å². The molecule has 0 aliphatic rings. The van der Waals surface area contributed by atoms with Crippen molar-refractivity contribution >= 4 is 16.9 Å². The van der Waals surface area contributed by atoms with Gasteiger partial charge in [0.05, 0.1) is 37.1 Å². The first kappa shape index (κ1) is 26.2. The molecule has 3 aromatic heterocycles. The zero-order chi connectivity index (χ0) is 26.4. The highest BCUT2D eigenvalue weighted by atomic mass is 32.2. The number of rotatable bonds is 11. The molecule has 0 amide bonds. The van der Waals surface area contributed by atoms with E-state index in [9.17, 15) is 4.21 Å². The number of methoxy groups -OCH3 is 2. The summed E-state index contributed by atoms with van der Waals surface area (Å²) in [5, 5.41) is 8.21. The lowest BCUT2D eigenvalue weighted by atomic mass is 10.2. The Morgan fingerprint density at radius 1 is 1.03 bits per heavy atom. The van der Waals surface area contributed by atoms with Gasteiger partial charge in [0.25, 0.3) is 0 Å². The first-order chi connectivity index (χ1) is 18.0. The van der Waals surface area contributed by atoms with E-state index >= 15 is 0 Å². The van der Waals surface area contributed by atoms with Crippen molar-refractivity contribution in [3.8, 4) is 28.6 Å². The third-order valence-electron chi connectivity index (χ3n) is 5.60.